The molecule has 0 bridgehead atoms. The van der Waals surface area contributed by atoms with E-state index in [-0.39, 0.29) is 31.3 Å². The van der Waals surface area contributed by atoms with Crippen LogP contribution in [0.2, 0.25) is 0 Å². The van der Waals surface area contributed by atoms with E-state index in [2.05, 4.69) is 57.2 Å². The molecule has 171 valence electrons. The largest absolute Gasteiger partial charge is 0.509 e. The second kappa shape index (κ2) is 9.05. The number of hydrogen-bond acceptors (Lipinski definition) is 5. The van der Waals surface area contributed by atoms with Crippen LogP contribution >= 0.6 is 0 Å². The zero-order valence-corrected chi connectivity index (χ0v) is 21.5. The van der Waals surface area contributed by atoms with E-state index in [4.69, 9.17) is 20.2 Å². The van der Waals surface area contributed by atoms with E-state index in [0.29, 0.717) is 0 Å². The van der Waals surface area contributed by atoms with Crippen molar-refractivity contribution in [1.29, 1.82) is 0 Å². The van der Waals surface area contributed by atoms with Crippen LogP contribution in [0.4, 0.5) is 0 Å². The van der Waals surface area contributed by atoms with Gasteiger partial charge in [-0.2, -0.15) is 0 Å². The average molecular weight is 618 g/mol. The third-order valence-electron chi connectivity index (χ3n) is 5.91. The zero-order valence-electron chi connectivity index (χ0n) is 19.1. The number of hydrogen-bond donors (Lipinski definition) is 2. The molecule has 0 unspecified atom stereocenters. The molecule has 0 amide bonds. The Hall–Kier alpha value is -3.08. The molecular weight excluding hydrogens is 593 g/mol. The smallest absolute Gasteiger partial charge is 0.197 e. The minimum atomic E-state index is -0.565. The molecule has 3 aromatic carbocycles. The minimum absolute atomic E-state index is 0. The zero-order chi connectivity index (χ0) is 23.2. The summed E-state index contributed by atoms with van der Waals surface area (Å²) in [5.41, 5.74) is 7.34. The van der Waals surface area contributed by atoms with Crippen LogP contribution in [0.1, 0.15) is 44.5 Å². The summed E-state index contributed by atoms with van der Waals surface area (Å²) in [7, 11) is 0. The Balaban J connectivity index is 0.000000297. The molecule has 4 aromatic rings. The van der Waals surface area contributed by atoms with E-state index in [1.165, 1.54) is 35.7 Å². The minimum Gasteiger partial charge on any atom is -0.509 e. The summed E-state index contributed by atoms with van der Waals surface area (Å²) >= 11 is 0. The molecule has 0 saturated heterocycles. The number of allylic oxidation sites excluding steroid dienone is 2. The van der Waals surface area contributed by atoms with Crippen molar-refractivity contribution in [1.82, 2.24) is 9.97 Å². The predicted octanol–water partition coefficient (Wildman–Crippen LogP) is 6.12. The molecule has 0 atom stereocenters. The first-order valence-electron chi connectivity index (χ1n) is 10.4. The summed E-state index contributed by atoms with van der Waals surface area (Å²) in [5.74, 6) is -1.42. The number of Topliss-reactive ketones (excluding diaryl/α,β-unsaturated/α-hetero) is 1. The standard InChI is InChI=1S/C22H17N2.C5H8O3.Ir/c1-13-7-4-12-17-19(13)24-21-20(23-17)15-10-5-8-14-9-6-11-16(18(14)15)22(21,2)3;1-3(6)5(8)4(2)7;/h4-9,11-12H,1-3H3;6,8H,1-2H3;/q-1;;/b;5-3+;. The van der Waals surface area contributed by atoms with Crippen molar-refractivity contribution in [3.63, 3.8) is 0 Å². The molecule has 5 nitrogen and oxygen atoms in total. The maximum atomic E-state index is 10.1. The fourth-order valence-corrected chi connectivity index (χ4v) is 4.19. The van der Waals surface area contributed by atoms with Gasteiger partial charge in [-0.15, -0.1) is 29.1 Å². The van der Waals surface area contributed by atoms with Gasteiger partial charge in [0.25, 0.3) is 0 Å². The quantitative estimate of drug-likeness (QED) is 0.153. The molecule has 0 aliphatic heterocycles. The number of carbonyl (C=O) groups is 1. The van der Waals surface area contributed by atoms with E-state index < -0.39 is 11.5 Å². The van der Waals surface area contributed by atoms with E-state index >= 15 is 0 Å². The number of aryl methyl sites for hydroxylation is 1. The number of aliphatic hydroxyl groups is 2. The topological polar surface area (TPSA) is 83.3 Å². The molecule has 2 N–H and O–H groups in total. The summed E-state index contributed by atoms with van der Waals surface area (Å²) in [6, 6.07) is 20.2. The molecule has 1 aliphatic rings. The van der Waals surface area contributed by atoms with Gasteiger partial charge in [0.2, 0.25) is 0 Å². The fourth-order valence-electron chi connectivity index (χ4n) is 4.19. The van der Waals surface area contributed by atoms with Crippen LogP contribution in [0.25, 0.3) is 33.1 Å². The van der Waals surface area contributed by atoms with E-state index in [1.54, 1.807) is 0 Å². The summed E-state index contributed by atoms with van der Waals surface area (Å²) in [6.45, 7) is 9.01. The molecule has 1 heterocycles. The van der Waals surface area contributed by atoms with Gasteiger partial charge in [-0.25, -0.2) is 0 Å². The van der Waals surface area contributed by atoms with Gasteiger partial charge in [0.15, 0.2) is 11.5 Å². The van der Waals surface area contributed by atoms with Crippen LogP contribution in [-0.2, 0) is 30.3 Å². The van der Waals surface area contributed by atoms with E-state index in [1.807, 2.05) is 18.2 Å². The van der Waals surface area contributed by atoms with Gasteiger partial charge in [-0.1, -0.05) is 55.1 Å². The third kappa shape index (κ3) is 4.17. The fraction of sp³-hybridized carbons (Fsp3) is 0.222. The Bertz CT molecular complexity index is 1410. The second-order valence-electron chi connectivity index (χ2n) is 8.60. The SMILES string of the molecule is CC(=O)/C(O)=C(/C)O.Cc1cccc2nc3c(nc12)C(C)(C)c1cccc2cc[c-]c-3c12.[Ir]. The average Bonchev–Trinajstić information content (AvgIpc) is 2.76. The Morgan fingerprint density at radius 2 is 1.70 bits per heavy atom. The summed E-state index contributed by atoms with van der Waals surface area (Å²) < 4.78 is 0. The number of nitrogens with zero attached hydrogens (tertiary/aromatic N) is 2. The van der Waals surface area contributed by atoms with E-state index in [9.17, 15) is 4.79 Å². The van der Waals surface area contributed by atoms with Crippen LogP contribution in [-0.4, -0.2) is 26.0 Å². The second-order valence-corrected chi connectivity index (χ2v) is 8.60. The van der Waals surface area contributed by atoms with Crippen molar-refractivity contribution in [3.05, 3.63) is 82.9 Å². The van der Waals surface area contributed by atoms with Crippen LogP contribution in [0, 0.1) is 13.0 Å². The number of aromatic nitrogens is 2. The van der Waals surface area contributed by atoms with Crippen LogP contribution in [0.15, 0.2) is 60.0 Å². The normalized spacial score (nSPS) is 13.8. The summed E-state index contributed by atoms with van der Waals surface area (Å²) in [4.78, 5) is 20.2. The van der Waals surface area contributed by atoms with Gasteiger partial charge in [0.1, 0.15) is 5.76 Å². The monoisotopic (exact) mass is 618 g/mol. The summed E-state index contributed by atoms with van der Waals surface area (Å²) in [5, 5.41) is 19.4. The Morgan fingerprint density at radius 3 is 2.33 bits per heavy atom. The third-order valence-corrected chi connectivity index (χ3v) is 5.91. The van der Waals surface area contributed by atoms with Gasteiger partial charge >= 0.3 is 0 Å². The first-order valence-corrected chi connectivity index (χ1v) is 10.4. The molecule has 0 spiro atoms. The number of rotatable bonds is 1. The maximum absolute atomic E-state index is 10.1. The number of benzene rings is 3. The molecular formula is C27H25IrN2O3-. The molecule has 5 rings (SSSR count). The molecule has 33 heavy (non-hydrogen) atoms. The molecule has 1 radical (unpaired) electrons. The van der Waals surface area contributed by atoms with Gasteiger partial charge in [0, 0.05) is 43.8 Å². The van der Waals surface area contributed by atoms with Gasteiger partial charge in [-0.3, -0.25) is 14.8 Å². The number of para-hydroxylation sites is 1. The number of ketones is 1. The van der Waals surface area contributed by atoms with Gasteiger partial charge in [-0.05, 0) is 25.5 Å². The number of aliphatic hydroxyl groups excluding tert-OH is 2. The first-order chi connectivity index (χ1) is 15.1. The first kappa shape index (κ1) is 24.6. The molecule has 6 heteroatoms. The van der Waals surface area contributed by atoms with Gasteiger partial charge < -0.3 is 10.2 Å². The summed E-state index contributed by atoms with van der Waals surface area (Å²) in [6.07, 6.45) is 0. The van der Waals surface area contributed by atoms with Crippen LogP contribution in [0.3, 0.4) is 0 Å². The van der Waals surface area contributed by atoms with Gasteiger partial charge in [0.05, 0.1) is 11.0 Å². The van der Waals surface area contributed by atoms with Crippen molar-refractivity contribution >= 4 is 27.6 Å². The van der Waals surface area contributed by atoms with Crippen LogP contribution in [0.5, 0.6) is 0 Å². The predicted molar refractivity (Wildman–Crippen MR) is 127 cm³/mol. The molecule has 1 aromatic heterocycles. The van der Waals surface area contributed by atoms with Crippen molar-refractivity contribution in [2.45, 2.75) is 40.0 Å². The van der Waals surface area contributed by atoms with Crippen molar-refractivity contribution < 1.29 is 35.1 Å². The number of carbonyl (C=O) groups excluding carboxylic acids is 1. The molecule has 1 aliphatic carbocycles. The number of fused-ring (bicyclic) bond motifs is 3. The molecule has 0 fully saturated rings. The van der Waals surface area contributed by atoms with Crippen LogP contribution < -0.4 is 0 Å². The Kier molecular flexibility index (Phi) is 6.73. The van der Waals surface area contributed by atoms with Crippen molar-refractivity contribution in [3.8, 4) is 11.3 Å². The Morgan fingerprint density at radius 1 is 1.00 bits per heavy atom. The Labute approximate surface area is 206 Å². The van der Waals surface area contributed by atoms with Crippen molar-refractivity contribution in [2.75, 3.05) is 0 Å². The van der Waals surface area contributed by atoms with Crippen molar-refractivity contribution in [2.24, 2.45) is 0 Å². The maximum Gasteiger partial charge on any atom is 0.197 e. The molecule has 0 saturated carbocycles. The van der Waals surface area contributed by atoms with E-state index in [0.717, 1.165) is 28.0 Å².